The quantitative estimate of drug-likeness (QED) is 0.836. The summed E-state index contributed by atoms with van der Waals surface area (Å²) < 4.78 is 8.17. The number of hydrogen-bond acceptors (Lipinski definition) is 3. The minimum Gasteiger partial charge on any atom is -0.488 e. The smallest absolute Gasteiger partial charge is 0.138 e. The Bertz CT molecular complexity index is 671. The molecule has 1 fully saturated rings. The van der Waals surface area contributed by atoms with Crippen LogP contribution in [0.4, 0.5) is 0 Å². The van der Waals surface area contributed by atoms with Gasteiger partial charge >= 0.3 is 0 Å². The fourth-order valence-electron chi connectivity index (χ4n) is 3.20. The van der Waals surface area contributed by atoms with E-state index in [1.807, 2.05) is 18.3 Å². The topological polar surface area (TPSA) is 39.9 Å². The molecule has 2 aromatic rings. The van der Waals surface area contributed by atoms with Crippen molar-refractivity contribution in [2.45, 2.75) is 44.6 Å². The van der Waals surface area contributed by atoms with Gasteiger partial charge in [-0.3, -0.25) is 9.67 Å². The van der Waals surface area contributed by atoms with E-state index in [4.69, 9.17) is 4.74 Å². The van der Waals surface area contributed by atoms with Crippen LogP contribution in [0.5, 0.6) is 5.75 Å². The molecule has 1 saturated carbocycles. The van der Waals surface area contributed by atoms with Gasteiger partial charge in [-0.05, 0) is 67.9 Å². The lowest BCUT2D eigenvalue weighted by Gasteiger charge is -2.21. The fourth-order valence-corrected chi connectivity index (χ4v) is 3.20. The highest BCUT2D eigenvalue weighted by Gasteiger charge is 2.28. The fraction of sp³-hybridized carbons (Fsp3) is 0.444. The molecule has 2 aromatic heterocycles. The molecule has 0 unspecified atom stereocenters. The molecule has 0 bridgehead atoms. The number of rotatable bonds is 5. The summed E-state index contributed by atoms with van der Waals surface area (Å²) in [6.45, 7) is 0.664. The van der Waals surface area contributed by atoms with Gasteiger partial charge in [-0.1, -0.05) is 0 Å². The van der Waals surface area contributed by atoms with Gasteiger partial charge in [0.25, 0.3) is 0 Å². The van der Waals surface area contributed by atoms with Crippen LogP contribution in [0.25, 0.3) is 5.57 Å². The van der Waals surface area contributed by atoms with Gasteiger partial charge in [0.1, 0.15) is 12.4 Å². The third-order valence-corrected chi connectivity index (χ3v) is 4.50. The molecule has 2 heterocycles. The minimum atomic E-state index is 0.625. The van der Waals surface area contributed by atoms with Crippen LogP contribution < -0.4 is 4.74 Å². The normalized spacial score (nSPS) is 18.5. The van der Waals surface area contributed by atoms with E-state index < -0.39 is 0 Å². The van der Waals surface area contributed by atoms with Crippen molar-refractivity contribution in [3.05, 3.63) is 48.1 Å². The molecule has 2 aliphatic carbocycles. The summed E-state index contributed by atoms with van der Waals surface area (Å²) in [4.78, 5) is 4.11. The molecule has 0 radical (unpaired) electrons. The summed E-state index contributed by atoms with van der Waals surface area (Å²) >= 11 is 0. The minimum absolute atomic E-state index is 0.625. The standard InChI is InChI=1S/C18H21N3O/c1-2-6-17(18-9-11-20-21(18)15-7-8-15)14(4-1)13-22-16-5-3-10-19-12-16/h3,5,9-12,15H,1-2,4,6-8,13H2. The lowest BCUT2D eigenvalue weighted by atomic mass is 9.90. The first-order valence-electron chi connectivity index (χ1n) is 8.19. The Kier molecular flexibility index (Phi) is 3.67. The zero-order chi connectivity index (χ0) is 14.8. The van der Waals surface area contributed by atoms with E-state index in [-0.39, 0.29) is 0 Å². The third-order valence-electron chi connectivity index (χ3n) is 4.50. The number of hydrogen-bond donors (Lipinski definition) is 0. The number of aromatic nitrogens is 3. The Morgan fingerprint density at radius 2 is 2.05 bits per heavy atom. The van der Waals surface area contributed by atoms with Crippen molar-refractivity contribution in [3.63, 3.8) is 0 Å². The lowest BCUT2D eigenvalue weighted by Crippen LogP contribution is -2.11. The van der Waals surface area contributed by atoms with Crippen LogP contribution in [0.15, 0.2) is 42.4 Å². The maximum Gasteiger partial charge on any atom is 0.138 e. The van der Waals surface area contributed by atoms with Crippen LogP contribution in [0.3, 0.4) is 0 Å². The second-order valence-corrected chi connectivity index (χ2v) is 6.16. The summed E-state index contributed by atoms with van der Waals surface area (Å²) in [5.41, 5.74) is 4.20. The zero-order valence-corrected chi connectivity index (χ0v) is 12.7. The predicted molar refractivity (Wildman–Crippen MR) is 85.6 cm³/mol. The maximum atomic E-state index is 5.94. The Hall–Kier alpha value is -2.10. The van der Waals surface area contributed by atoms with Gasteiger partial charge in [-0.2, -0.15) is 5.10 Å². The monoisotopic (exact) mass is 295 g/mol. The summed E-state index contributed by atoms with van der Waals surface area (Å²) in [7, 11) is 0. The highest BCUT2D eigenvalue weighted by molar-refractivity contribution is 5.67. The first-order valence-corrected chi connectivity index (χ1v) is 8.19. The summed E-state index contributed by atoms with van der Waals surface area (Å²) in [5, 5.41) is 4.54. The maximum absolute atomic E-state index is 5.94. The number of pyridine rings is 1. The Balaban J connectivity index is 1.58. The second kappa shape index (κ2) is 5.95. The van der Waals surface area contributed by atoms with Crippen molar-refractivity contribution in [1.29, 1.82) is 0 Å². The van der Waals surface area contributed by atoms with Crippen molar-refractivity contribution in [2.75, 3.05) is 6.61 Å². The molecule has 0 spiro atoms. The molecule has 114 valence electrons. The average Bonchev–Trinajstić information content (AvgIpc) is 3.31. The number of ether oxygens (including phenoxy) is 1. The summed E-state index contributed by atoms with van der Waals surface area (Å²) in [6, 6.07) is 6.67. The summed E-state index contributed by atoms with van der Waals surface area (Å²) in [6.07, 6.45) is 12.8. The molecular weight excluding hydrogens is 274 g/mol. The van der Waals surface area contributed by atoms with Crippen LogP contribution in [-0.4, -0.2) is 21.4 Å². The number of allylic oxidation sites excluding steroid dienone is 1. The van der Waals surface area contributed by atoms with Gasteiger partial charge in [0, 0.05) is 12.4 Å². The molecule has 4 heteroatoms. The van der Waals surface area contributed by atoms with Crippen LogP contribution in [0, 0.1) is 0 Å². The lowest BCUT2D eigenvalue weighted by molar-refractivity contribution is 0.343. The van der Waals surface area contributed by atoms with Crippen molar-refractivity contribution in [2.24, 2.45) is 0 Å². The first-order chi connectivity index (χ1) is 10.9. The van der Waals surface area contributed by atoms with Gasteiger partial charge in [0.05, 0.1) is 17.9 Å². The molecule has 0 N–H and O–H groups in total. The van der Waals surface area contributed by atoms with Crippen molar-refractivity contribution < 1.29 is 4.74 Å². The van der Waals surface area contributed by atoms with E-state index in [9.17, 15) is 0 Å². The van der Waals surface area contributed by atoms with Crippen molar-refractivity contribution >= 4 is 5.57 Å². The van der Waals surface area contributed by atoms with E-state index in [1.54, 1.807) is 12.4 Å². The van der Waals surface area contributed by atoms with Gasteiger partial charge in [-0.25, -0.2) is 0 Å². The van der Waals surface area contributed by atoms with Gasteiger partial charge < -0.3 is 4.74 Å². The molecule has 4 rings (SSSR count). The van der Waals surface area contributed by atoms with E-state index in [0.717, 1.165) is 18.6 Å². The molecule has 0 aliphatic heterocycles. The molecule has 22 heavy (non-hydrogen) atoms. The largest absolute Gasteiger partial charge is 0.488 e. The van der Waals surface area contributed by atoms with Crippen LogP contribution in [-0.2, 0) is 0 Å². The zero-order valence-electron chi connectivity index (χ0n) is 12.7. The Labute approximate surface area is 130 Å². The highest BCUT2D eigenvalue weighted by Crippen LogP contribution is 2.39. The van der Waals surface area contributed by atoms with E-state index in [0.29, 0.717) is 12.6 Å². The third kappa shape index (κ3) is 2.78. The van der Waals surface area contributed by atoms with Gasteiger partial charge in [0.15, 0.2) is 0 Å². The molecule has 2 aliphatic rings. The average molecular weight is 295 g/mol. The number of nitrogens with zero attached hydrogens (tertiary/aromatic N) is 3. The van der Waals surface area contributed by atoms with E-state index >= 15 is 0 Å². The van der Waals surface area contributed by atoms with Gasteiger partial charge in [-0.15, -0.1) is 0 Å². The van der Waals surface area contributed by atoms with Crippen LogP contribution in [0.2, 0.25) is 0 Å². The van der Waals surface area contributed by atoms with Crippen molar-refractivity contribution in [3.8, 4) is 5.75 Å². The molecule has 0 atom stereocenters. The summed E-state index contributed by atoms with van der Waals surface area (Å²) in [5.74, 6) is 0.843. The Morgan fingerprint density at radius 1 is 1.14 bits per heavy atom. The Morgan fingerprint density at radius 3 is 2.86 bits per heavy atom. The van der Waals surface area contributed by atoms with Gasteiger partial charge in [0.2, 0.25) is 0 Å². The first kappa shape index (κ1) is 13.6. The highest BCUT2D eigenvalue weighted by atomic mass is 16.5. The molecule has 0 saturated heterocycles. The molecule has 0 aromatic carbocycles. The van der Waals surface area contributed by atoms with Crippen LogP contribution in [0.1, 0.15) is 50.3 Å². The van der Waals surface area contributed by atoms with Crippen molar-refractivity contribution in [1.82, 2.24) is 14.8 Å². The van der Waals surface area contributed by atoms with E-state index in [2.05, 4.69) is 20.8 Å². The van der Waals surface area contributed by atoms with E-state index in [1.165, 1.54) is 42.5 Å². The molecule has 4 nitrogen and oxygen atoms in total. The van der Waals surface area contributed by atoms with Crippen LogP contribution >= 0.6 is 0 Å². The molecule has 0 amide bonds. The second-order valence-electron chi connectivity index (χ2n) is 6.16. The molecular formula is C18H21N3O. The predicted octanol–water partition coefficient (Wildman–Crippen LogP) is 4.02. The SMILES string of the molecule is c1cncc(OCC2=C(c3ccnn3C3CC3)CCCC2)c1.